The van der Waals surface area contributed by atoms with Crippen molar-refractivity contribution >= 4 is 6.21 Å². The van der Waals surface area contributed by atoms with Gasteiger partial charge in [-0.3, -0.25) is 4.99 Å². The van der Waals surface area contributed by atoms with Crippen LogP contribution < -0.4 is 5.32 Å². The molecule has 2 heteroatoms. The Kier molecular flexibility index (Phi) is 1.78. The quantitative estimate of drug-likeness (QED) is 0.553. The molecule has 0 saturated carbocycles. The third-order valence-corrected chi connectivity index (χ3v) is 2.62. The zero-order chi connectivity index (χ0) is 7.57. The largest absolute Gasteiger partial charge is 0.316 e. The summed E-state index contributed by atoms with van der Waals surface area (Å²) in [5.41, 5.74) is 0.417. The van der Waals surface area contributed by atoms with Crippen molar-refractivity contribution in [3.63, 3.8) is 0 Å². The number of nitrogens with one attached hydrogen (secondary N) is 1. The highest BCUT2D eigenvalue weighted by atomic mass is 14.9. The van der Waals surface area contributed by atoms with E-state index in [2.05, 4.69) is 16.4 Å². The molecule has 0 amide bonds. The van der Waals surface area contributed by atoms with Gasteiger partial charge in [-0.1, -0.05) is 6.08 Å². The zero-order valence-corrected chi connectivity index (χ0v) is 6.71. The van der Waals surface area contributed by atoms with Gasteiger partial charge in [-0.25, -0.2) is 0 Å². The van der Waals surface area contributed by atoms with Crippen LogP contribution in [0.3, 0.4) is 0 Å². The van der Waals surface area contributed by atoms with Crippen molar-refractivity contribution in [2.45, 2.75) is 19.3 Å². The van der Waals surface area contributed by atoms with Crippen LogP contribution in [0.1, 0.15) is 19.3 Å². The summed E-state index contributed by atoms with van der Waals surface area (Å²) in [7, 11) is 0. The zero-order valence-electron chi connectivity index (χ0n) is 6.71. The highest BCUT2D eigenvalue weighted by Crippen LogP contribution is 2.32. The molecule has 11 heavy (non-hydrogen) atoms. The Morgan fingerprint density at radius 3 is 3.09 bits per heavy atom. The molecule has 0 radical (unpaired) electrons. The monoisotopic (exact) mass is 150 g/mol. The van der Waals surface area contributed by atoms with Gasteiger partial charge in [0.05, 0.1) is 0 Å². The molecule has 60 valence electrons. The van der Waals surface area contributed by atoms with Crippen molar-refractivity contribution in [2.24, 2.45) is 10.4 Å². The first-order valence-electron chi connectivity index (χ1n) is 4.31. The summed E-state index contributed by atoms with van der Waals surface area (Å²) >= 11 is 0. The Labute approximate surface area is 67.4 Å². The standard InChI is InChI=1S/C9H14N2/c1-2-9(8-11-5-1)3-6-10-7-4-9/h3,6-7,11H,1-2,4-5,8H2. The smallest absolute Gasteiger partial charge is 0.0230 e. The number of hydrogen-bond acceptors (Lipinski definition) is 2. The van der Waals surface area contributed by atoms with Gasteiger partial charge >= 0.3 is 0 Å². The Hall–Kier alpha value is -0.630. The Balaban J connectivity index is 2.08. The van der Waals surface area contributed by atoms with Gasteiger partial charge in [-0.05, 0) is 25.8 Å². The fourth-order valence-corrected chi connectivity index (χ4v) is 1.87. The molecule has 0 aromatic heterocycles. The summed E-state index contributed by atoms with van der Waals surface area (Å²) < 4.78 is 0. The van der Waals surface area contributed by atoms with Gasteiger partial charge < -0.3 is 5.32 Å². The van der Waals surface area contributed by atoms with E-state index in [-0.39, 0.29) is 0 Å². The van der Waals surface area contributed by atoms with Gasteiger partial charge in [0.1, 0.15) is 0 Å². The summed E-state index contributed by atoms with van der Waals surface area (Å²) in [6.45, 7) is 2.32. The summed E-state index contributed by atoms with van der Waals surface area (Å²) in [4.78, 5) is 4.09. The minimum atomic E-state index is 0.417. The Morgan fingerprint density at radius 1 is 1.45 bits per heavy atom. The molecule has 1 saturated heterocycles. The van der Waals surface area contributed by atoms with Crippen LogP contribution in [0.4, 0.5) is 0 Å². The summed E-state index contributed by atoms with van der Waals surface area (Å²) in [6.07, 6.45) is 9.99. The molecule has 1 unspecified atom stereocenters. The summed E-state index contributed by atoms with van der Waals surface area (Å²) in [5, 5.41) is 3.43. The van der Waals surface area contributed by atoms with Gasteiger partial charge in [0, 0.05) is 24.4 Å². The maximum atomic E-state index is 4.09. The van der Waals surface area contributed by atoms with Crippen LogP contribution in [0.25, 0.3) is 0 Å². The Morgan fingerprint density at radius 2 is 2.45 bits per heavy atom. The average Bonchev–Trinajstić information content (AvgIpc) is 2.07. The lowest BCUT2D eigenvalue weighted by Crippen LogP contribution is -2.39. The van der Waals surface area contributed by atoms with Gasteiger partial charge in [0.25, 0.3) is 0 Å². The molecular formula is C9H14N2. The third-order valence-electron chi connectivity index (χ3n) is 2.62. The molecule has 0 aromatic rings. The van der Waals surface area contributed by atoms with E-state index in [9.17, 15) is 0 Å². The van der Waals surface area contributed by atoms with E-state index in [0.29, 0.717) is 5.41 Å². The molecule has 0 aliphatic carbocycles. The number of nitrogens with zero attached hydrogens (tertiary/aromatic N) is 1. The van der Waals surface area contributed by atoms with Gasteiger partial charge in [-0.2, -0.15) is 0 Å². The van der Waals surface area contributed by atoms with E-state index in [1.807, 2.05) is 12.4 Å². The van der Waals surface area contributed by atoms with E-state index >= 15 is 0 Å². The fraction of sp³-hybridized carbons (Fsp3) is 0.667. The molecule has 1 atom stereocenters. The van der Waals surface area contributed by atoms with Crippen molar-refractivity contribution < 1.29 is 0 Å². The predicted octanol–water partition coefficient (Wildman–Crippen LogP) is 1.34. The highest BCUT2D eigenvalue weighted by molar-refractivity contribution is 5.61. The van der Waals surface area contributed by atoms with Crippen molar-refractivity contribution in [1.29, 1.82) is 0 Å². The van der Waals surface area contributed by atoms with Crippen LogP contribution in [-0.4, -0.2) is 19.3 Å². The minimum absolute atomic E-state index is 0.417. The molecule has 2 aliphatic rings. The number of hydrogen-bond donors (Lipinski definition) is 1. The lowest BCUT2D eigenvalue weighted by molar-refractivity contribution is 0.287. The second-order valence-electron chi connectivity index (χ2n) is 3.49. The molecule has 1 spiro atoms. The summed E-state index contributed by atoms with van der Waals surface area (Å²) in [5.74, 6) is 0. The molecule has 0 aromatic carbocycles. The Bertz CT molecular complexity index is 188. The van der Waals surface area contributed by atoms with Crippen molar-refractivity contribution in [1.82, 2.24) is 5.32 Å². The van der Waals surface area contributed by atoms with Gasteiger partial charge in [-0.15, -0.1) is 0 Å². The topological polar surface area (TPSA) is 24.4 Å². The van der Waals surface area contributed by atoms with Crippen LogP contribution in [0.2, 0.25) is 0 Å². The maximum Gasteiger partial charge on any atom is 0.0230 e. The fourth-order valence-electron chi connectivity index (χ4n) is 1.87. The van der Waals surface area contributed by atoms with E-state index in [1.165, 1.54) is 19.4 Å². The second-order valence-corrected chi connectivity index (χ2v) is 3.49. The molecule has 2 rings (SSSR count). The number of piperidine rings is 1. The van der Waals surface area contributed by atoms with E-state index in [1.54, 1.807) is 0 Å². The normalized spacial score (nSPS) is 36.4. The first kappa shape index (κ1) is 7.04. The van der Waals surface area contributed by atoms with Crippen LogP contribution in [-0.2, 0) is 0 Å². The molecule has 1 N–H and O–H groups in total. The first-order valence-corrected chi connectivity index (χ1v) is 4.31. The SMILES string of the molecule is C1=CC2(CC=N1)CCCNC2. The van der Waals surface area contributed by atoms with Crippen LogP contribution >= 0.6 is 0 Å². The molecular weight excluding hydrogens is 136 g/mol. The molecule has 0 bridgehead atoms. The van der Waals surface area contributed by atoms with E-state index in [4.69, 9.17) is 0 Å². The highest BCUT2D eigenvalue weighted by Gasteiger charge is 2.29. The molecule has 2 heterocycles. The van der Waals surface area contributed by atoms with Crippen molar-refractivity contribution in [2.75, 3.05) is 13.1 Å². The van der Waals surface area contributed by atoms with Crippen molar-refractivity contribution in [3.05, 3.63) is 12.3 Å². The van der Waals surface area contributed by atoms with Crippen molar-refractivity contribution in [3.8, 4) is 0 Å². The first-order chi connectivity index (χ1) is 5.41. The van der Waals surface area contributed by atoms with Gasteiger partial charge in [0.15, 0.2) is 0 Å². The van der Waals surface area contributed by atoms with Gasteiger partial charge in [0.2, 0.25) is 0 Å². The van der Waals surface area contributed by atoms with E-state index in [0.717, 1.165) is 13.0 Å². The van der Waals surface area contributed by atoms with Crippen LogP contribution in [0.15, 0.2) is 17.3 Å². The molecule has 2 aliphatic heterocycles. The maximum absolute atomic E-state index is 4.09. The minimum Gasteiger partial charge on any atom is -0.316 e. The number of rotatable bonds is 0. The number of aliphatic imine (C=N–C) groups is 1. The lowest BCUT2D eigenvalue weighted by atomic mass is 9.77. The van der Waals surface area contributed by atoms with Crippen LogP contribution in [0, 0.1) is 5.41 Å². The van der Waals surface area contributed by atoms with E-state index < -0.39 is 0 Å². The molecule has 1 fully saturated rings. The van der Waals surface area contributed by atoms with Crippen LogP contribution in [0.5, 0.6) is 0 Å². The third kappa shape index (κ3) is 1.36. The second kappa shape index (κ2) is 2.78. The average molecular weight is 150 g/mol. The lowest BCUT2D eigenvalue weighted by Gasteiger charge is -2.34. The molecule has 2 nitrogen and oxygen atoms in total. The summed E-state index contributed by atoms with van der Waals surface area (Å²) in [6, 6.07) is 0. The predicted molar refractivity (Wildman–Crippen MR) is 46.8 cm³/mol.